The van der Waals surface area contributed by atoms with E-state index in [0.29, 0.717) is 16.6 Å². The predicted octanol–water partition coefficient (Wildman–Crippen LogP) is 5.90. The van der Waals surface area contributed by atoms with Crippen LogP contribution in [0.25, 0.3) is 17.1 Å². The van der Waals surface area contributed by atoms with Crippen molar-refractivity contribution in [2.75, 3.05) is 14.2 Å². The molecular formula is C23H20ClN3O2S. The molecule has 5 nitrogen and oxygen atoms in total. The fourth-order valence-corrected chi connectivity index (χ4v) is 4.33. The highest BCUT2D eigenvalue weighted by Crippen LogP contribution is 2.36. The Hall–Kier alpha value is -2.96. The average Bonchev–Trinajstić information content (AvgIpc) is 3.21. The van der Waals surface area contributed by atoms with Gasteiger partial charge in [0, 0.05) is 16.9 Å². The molecule has 4 aromatic rings. The Kier molecular flexibility index (Phi) is 6.26. The summed E-state index contributed by atoms with van der Waals surface area (Å²) < 4.78 is 13.1. The van der Waals surface area contributed by atoms with E-state index in [4.69, 9.17) is 21.1 Å². The van der Waals surface area contributed by atoms with Gasteiger partial charge in [-0.05, 0) is 30.3 Å². The smallest absolute Gasteiger partial charge is 0.196 e. The molecule has 30 heavy (non-hydrogen) atoms. The van der Waals surface area contributed by atoms with Crippen LogP contribution in [0.5, 0.6) is 11.5 Å². The molecule has 7 heteroatoms. The van der Waals surface area contributed by atoms with E-state index >= 15 is 0 Å². The molecule has 0 spiro atoms. The second kappa shape index (κ2) is 9.24. The third-order valence-electron chi connectivity index (χ3n) is 4.62. The summed E-state index contributed by atoms with van der Waals surface area (Å²) in [5, 5.41) is 10.3. The number of rotatable bonds is 7. The van der Waals surface area contributed by atoms with Gasteiger partial charge >= 0.3 is 0 Å². The van der Waals surface area contributed by atoms with Crippen molar-refractivity contribution in [3.05, 3.63) is 83.4 Å². The van der Waals surface area contributed by atoms with E-state index < -0.39 is 0 Å². The van der Waals surface area contributed by atoms with Gasteiger partial charge in [0.1, 0.15) is 11.5 Å². The van der Waals surface area contributed by atoms with Gasteiger partial charge in [-0.2, -0.15) is 0 Å². The summed E-state index contributed by atoms with van der Waals surface area (Å²) in [4.78, 5) is 0. The van der Waals surface area contributed by atoms with Crippen LogP contribution in [0.2, 0.25) is 5.02 Å². The topological polar surface area (TPSA) is 49.2 Å². The molecule has 152 valence electrons. The highest BCUT2D eigenvalue weighted by molar-refractivity contribution is 7.98. The molecule has 0 aliphatic rings. The first-order valence-electron chi connectivity index (χ1n) is 9.31. The molecule has 0 amide bonds. The van der Waals surface area contributed by atoms with Crippen molar-refractivity contribution in [3.8, 4) is 28.6 Å². The van der Waals surface area contributed by atoms with Gasteiger partial charge in [0.25, 0.3) is 0 Å². The van der Waals surface area contributed by atoms with Crippen molar-refractivity contribution in [3.63, 3.8) is 0 Å². The van der Waals surface area contributed by atoms with Crippen molar-refractivity contribution >= 4 is 23.4 Å². The zero-order valence-electron chi connectivity index (χ0n) is 16.6. The molecule has 0 unspecified atom stereocenters. The summed E-state index contributed by atoms with van der Waals surface area (Å²) in [6.07, 6.45) is 0. The standard InChI is InChI=1S/C23H20ClN3O2S/c1-28-20-13-7-3-9-16(20)15-30-23-26-25-22(17-10-4-5-11-18(17)24)27(23)19-12-6-8-14-21(19)29-2/h3-14H,15H2,1-2H3. The zero-order valence-corrected chi connectivity index (χ0v) is 18.2. The van der Waals surface area contributed by atoms with Crippen LogP contribution in [0.4, 0.5) is 0 Å². The highest BCUT2D eigenvalue weighted by atomic mass is 35.5. The fraction of sp³-hybridized carbons (Fsp3) is 0.130. The Bertz CT molecular complexity index is 1160. The van der Waals surface area contributed by atoms with Crippen LogP contribution in [0.1, 0.15) is 5.56 Å². The van der Waals surface area contributed by atoms with Crippen LogP contribution in [0.3, 0.4) is 0 Å². The Labute approximate surface area is 184 Å². The lowest BCUT2D eigenvalue weighted by Crippen LogP contribution is -2.02. The van der Waals surface area contributed by atoms with Crippen molar-refractivity contribution in [2.45, 2.75) is 10.9 Å². The van der Waals surface area contributed by atoms with E-state index in [1.807, 2.05) is 77.4 Å². The van der Waals surface area contributed by atoms with Gasteiger partial charge in [0.15, 0.2) is 11.0 Å². The van der Waals surface area contributed by atoms with Crippen molar-refractivity contribution in [1.82, 2.24) is 14.8 Å². The molecule has 1 aromatic heterocycles. The summed E-state index contributed by atoms with van der Waals surface area (Å²) >= 11 is 8.05. The number of aromatic nitrogens is 3. The molecule has 0 N–H and O–H groups in total. The normalized spacial score (nSPS) is 10.8. The van der Waals surface area contributed by atoms with Gasteiger partial charge in [-0.25, -0.2) is 0 Å². The molecule has 0 atom stereocenters. The molecule has 0 saturated heterocycles. The van der Waals surface area contributed by atoms with E-state index in [-0.39, 0.29) is 0 Å². The van der Waals surface area contributed by atoms with Crippen LogP contribution in [-0.4, -0.2) is 29.0 Å². The number of thioether (sulfide) groups is 1. The lowest BCUT2D eigenvalue weighted by molar-refractivity contribution is 0.411. The molecule has 0 saturated carbocycles. The first-order chi connectivity index (χ1) is 14.7. The number of para-hydroxylation sites is 3. The number of ether oxygens (including phenoxy) is 2. The second-order valence-corrected chi connectivity index (χ2v) is 7.74. The van der Waals surface area contributed by atoms with Crippen molar-refractivity contribution in [2.24, 2.45) is 0 Å². The van der Waals surface area contributed by atoms with Crippen LogP contribution >= 0.6 is 23.4 Å². The minimum Gasteiger partial charge on any atom is -0.496 e. The number of methoxy groups -OCH3 is 2. The molecule has 0 aliphatic carbocycles. The zero-order chi connectivity index (χ0) is 20.9. The number of halogens is 1. The Morgan fingerprint density at radius 2 is 1.50 bits per heavy atom. The van der Waals surface area contributed by atoms with E-state index in [0.717, 1.165) is 33.5 Å². The van der Waals surface area contributed by atoms with Gasteiger partial charge in [-0.1, -0.05) is 65.8 Å². The largest absolute Gasteiger partial charge is 0.496 e. The lowest BCUT2D eigenvalue weighted by atomic mass is 10.2. The van der Waals surface area contributed by atoms with E-state index in [1.54, 1.807) is 26.0 Å². The molecule has 0 aliphatic heterocycles. The van der Waals surface area contributed by atoms with Crippen LogP contribution < -0.4 is 9.47 Å². The number of hydrogen-bond acceptors (Lipinski definition) is 5. The molecule has 0 radical (unpaired) electrons. The molecular weight excluding hydrogens is 418 g/mol. The van der Waals surface area contributed by atoms with Gasteiger partial charge in [0.05, 0.1) is 24.9 Å². The van der Waals surface area contributed by atoms with Crippen LogP contribution in [0, 0.1) is 0 Å². The third-order valence-corrected chi connectivity index (χ3v) is 5.93. The summed E-state index contributed by atoms with van der Waals surface area (Å²) in [7, 11) is 3.33. The van der Waals surface area contributed by atoms with Gasteiger partial charge in [-0.15, -0.1) is 10.2 Å². The SMILES string of the molecule is COc1ccccc1CSc1nnc(-c2ccccc2Cl)n1-c1ccccc1OC. The molecule has 0 bridgehead atoms. The van der Waals surface area contributed by atoms with Crippen LogP contribution in [0.15, 0.2) is 78.0 Å². The minimum absolute atomic E-state index is 0.613. The second-order valence-electron chi connectivity index (χ2n) is 6.39. The van der Waals surface area contributed by atoms with E-state index in [9.17, 15) is 0 Å². The third kappa shape index (κ3) is 4.01. The highest BCUT2D eigenvalue weighted by Gasteiger charge is 2.20. The average molecular weight is 438 g/mol. The van der Waals surface area contributed by atoms with Gasteiger partial charge < -0.3 is 9.47 Å². The summed E-state index contributed by atoms with van der Waals surface area (Å²) in [5.74, 6) is 2.91. The summed E-state index contributed by atoms with van der Waals surface area (Å²) in [5.41, 5.74) is 2.74. The van der Waals surface area contributed by atoms with Crippen molar-refractivity contribution < 1.29 is 9.47 Å². The van der Waals surface area contributed by atoms with Crippen molar-refractivity contribution in [1.29, 1.82) is 0 Å². The Morgan fingerprint density at radius 1 is 0.833 bits per heavy atom. The molecule has 4 rings (SSSR count). The first-order valence-corrected chi connectivity index (χ1v) is 10.7. The summed E-state index contributed by atoms with van der Waals surface area (Å²) in [6, 6.07) is 23.4. The maximum atomic E-state index is 6.48. The van der Waals surface area contributed by atoms with Gasteiger partial charge in [-0.3, -0.25) is 4.57 Å². The Balaban J connectivity index is 1.80. The quantitative estimate of drug-likeness (QED) is 0.337. The summed E-state index contributed by atoms with van der Waals surface area (Å²) in [6.45, 7) is 0. The van der Waals surface area contributed by atoms with E-state index in [2.05, 4.69) is 10.2 Å². The molecule has 3 aromatic carbocycles. The first kappa shape index (κ1) is 20.3. The fourth-order valence-electron chi connectivity index (χ4n) is 3.18. The predicted molar refractivity (Wildman–Crippen MR) is 121 cm³/mol. The van der Waals surface area contributed by atoms with E-state index in [1.165, 1.54) is 0 Å². The lowest BCUT2D eigenvalue weighted by Gasteiger charge is -2.14. The molecule has 0 fully saturated rings. The molecule has 1 heterocycles. The number of benzene rings is 3. The van der Waals surface area contributed by atoms with Gasteiger partial charge in [0.2, 0.25) is 0 Å². The van der Waals surface area contributed by atoms with Crippen LogP contribution in [-0.2, 0) is 5.75 Å². The maximum absolute atomic E-state index is 6.48. The number of nitrogens with zero attached hydrogens (tertiary/aromatic N) is 3. The minimum atomic E-state index is 0.613. The monoisotopic (exact) mass is 437 g/mol. The Morgan fingerprint density at radius 3 is 2.27 bits per heavy atom. The number of hydrogen-bond donors (Lipinski definition) is 0. The maximum Gasteiger partial charge on any atom is 0.196 e.